The van der Waals surface area contributed by atoms with Crippen molar-refractivity contribution in [2.75, 3.05) is 13.2 Å². The summed E-state index contributed by atoms with van der Waals surface area (Å²) in [7, 11) is 0. The van der Waals surface area contributed by atoms with E-state index < -0.39 is 24.0 Å². The molecule has 7 heteroatoms. The highest BCUT2D eigenvalue weighted by atomic mass is 16.5. The van der Waals surface area contributed by atoms with Crippen LogP contribution >= 0.6 is 0 Å². The summed E-state index contributed by atoms with van der Waals surface area (Å²) in [5, 5.41) is 0. The second-order valence-electron chi connectivity index (χ2n) is 4.77. The lowest BCUT2D eigenvalue weighted by molar-refractivity contribution is -0.161. The third-order valence-corrected chi connectivity index (χ3v) is 2.88. The molecule has 0 radical (unpaired) electrons. The lowest BCUT2D eigenvalue weighted by Gasteiger charge is -2.23. The number of esters is 2. The van der Waals surface area contributed by atoms with E-state index in [2.05, 4.69) is 4.74 Å². The second-order valence-corrected chi connectivity index (χ2v) is 4.77. The molecule has 7 nitrogen and oxygen atoms in total. The standard InChI is InChI=1S/C14H20O7/c1-4-14(9-15,13(19)21-8-11(3)17)6-5-12(18)20-7-10(2)16/h9H,4-8H2,1-3H3. The van der Waals surface area contributed by atoms with Crippen LogP contribution in [0.25, 0.3) is 0 Å². The largest absolute Gasteiger partial charge is 0.458 e. The molecule has 118 valence electrons. The number of hydrogen-bond acceptors (Lipinski definition) is 7. The van der Waals surface area contributed by atoms with Gasteiger partial charge < -0.3 is 14.3 Å². The second kappa shape index (κ2) is 8.99. The Morgan fingerprint density at radius 1 is 1.00 bits per heavy atom. The van der Waals surface area contributed by atoms with Gasteiger partial charge in [-0.15, -0.1) is 0 Å². The fourth-order valence-electron chi connectivity index (χ4n) is 1.50. The Morgan fingerprint density at radius 2 is 1.52 bits per heavy atom. The van der Waals surface area contributed by atoms with E-state index in [1.807, 2.05) is 0 Å². The van der Waals surface area contributed by atoms with Gasteiger partial charge in [-0.25, -0.2) is 0 Å². The monoisotopic (exact) mass is 300 g/mol. The molecule has 21 heavy (non-hydrogen) atoms. The van der Waals surface area contributed by atoms with Crippen LogP contribution in [0.1, 0.15) is 40.0 Å². The average Bonchev–Trinajstić information content (AvgIpc) is 2.44. The summed E-state index contributed by atoms with van der Waals surface area (Å²) >= 11 is 0. The first-order valence-corrected chi connectivity index (χ1v) is 6.55. The van der Waals surface area contributed by atoms with Gasteiger partial charge >= 0.3 is 11.9 Å². The number of carbonyl (C=O) groups is 5. The van der Waals surface area contributed by atoms with Crippen molar-refractivity contribution in [3.8, 4) is 0 Å². The van der Waals surface area contributed by atoms with Crippen LogP contribution in [-0.2, 0) is 33.4 Å². The Balaban J connectivity index is 4.62. The molecule has 0 aliphatic rings. The smallest absolute Gasteiger partial charge is 0.319 e. The Hall–Kier alpha value is -2.05. The molecule has 0 spiro atoms. The minimum absolute atomic E-state index is 0.0967. The average molecular weight is 300 g/mol. The van der Waals surface area contributed by atoms with Crippen molar-refractivity contribution in [2.45, 2.75) is 40.0 Å². The Bertz CT molecular complexity index is 427. The first-order valence-electron chi connectivity index (χ1n) is 6.55. The molecule has 0 aliphatic carbocycles. The summed E-state index contributed by atoms with van der Waals surface area (Å²) in [5.74, 6) is -2.17. The minimum atomic E-state index is -1.48. The van der Waals surface area contributed by atoms with Crippen molar-refractivity contribution in [3.05, 3.63) is 0 Å². The number of ketones is 2. The van der Waals surface area contributed by atoms with E-state index in [1.165, 1.54) is 13.8 Å². The maximum atomic E-state index is 11.9. The molecule has 0 aromatic carbocycles. The predicted molar refractivity (Wildman–Crippen MR) is 71.3 cm³/mol. The first-order chi connectivity index (χ1) is 9.77. The summed E-state index contributed by atoms with van der Waals surface area (Å²) in [6, 6.07) is 0. The lowest BCUT2D eigenvalue weighted by atomic mass is 9.82. The fraction of sp³-hybridized carbons (Fsp3) is 0.643. The van der Waals surface area contributed by atoms with Crippen molar-refractivity contribution in [1.29, 1.82) is 0 Å². The lowest BCUT2D eigenvalue weighted by Crippen LogP contribution is -2.35. The normalized spacial score (nSPS) is 12.9. The molecule has 0 saturated carbocycles. The zero-order valence-corrected chi connectivity index (χ0v) is 12.5. The van der Waals surface area contributed by atoms with E-state index in [4.69, 9.17) is 4.74 Å². The molecule has 1 unspecified atom stereocenters. The van der Waals surface area contributed by atoms with Gasteiger partial charge in [0, 0.05) is 6.42 Å². The van der Waals surface area contributed by atoms with Crippen LogP contribution in [0.4, 0.5) is 0 Å². The Labute approximate surface area is 123 Å². The van der Waals surface area contributed by atoms with Crippen LogP contribution < -0.4 is 0 Å². The van der Waals surface area contributed by atoms with Crippen LogP contribution in [0.2, 0.25) is 0 Å². The molecule has 0 N–H and O–H groups in total. The number of carbonyl (C=O) groups excluding carboxylic acids is 5. The molecule has 0 saturated heterocycles. The van der Waals surface area contributed by atoms with Gasteiger partial charge in [0.2, 0.25) is 0 Å². The van der Waals surface area contributed by atoms with E-state index in [0.29, 0.717) is 6.29 Å². The molecule has 0 aromatic rings. The van der Waals surface area contributed by atoms with Crippen LogP contribution in [0.15, 0.2) is 0 Å². The Kier molecular flexibility index (Phi) is 8.11. The maximum absolute atomic E-state index is 11.9. The van der Waals surface area contributed by atoms with E-state index in [-0.39, 0.29) is 37.4 Å². The van der Waals surface area contributed by atoms with Crippen LogP contribution in [0, 0.1) is 5.41 Å². The third kappa shape index (κ3) is 6.78. The summed E-state index contributed by atoms with van der Waals surface area (Å²) in [4.78, 5) is 56.0. The van der Waals surface area contributed by atoms with Gasteiger partial charge in [-0.3, -0.25) is 19.2 Å². The maximum Gasteiger partial charge on any atom is 0.319 e. The number of hydrogen-bond donors (Lipinski definition) is 0. The fourth-order valence-corrected chi connectivity index (χ4v) is 1.50. The summed E-state index contributed by atoms with van der Waals surface area (Å²) in [5.41, 5.74) is -1.48. The summed E-state index contributed by atoms with van der Waals surface area (Å²) in [6.45, 7) is 3.37. The molecule has 0 heterocycles. The van der Waals surface area contributed by atoms with Crippen LogP contribution in [-0.4, -0.2) is 43.0 Å². The van der Waals surface area contributed by atoms with E-state index in [0.717, 1.165) is 0 Å². The molecule has 0 bridgehead atoms. The van der Waals surface area contributed by atoms with Crippen molar-refractivity contribution < 1.29 is 33.4 Å². The van der Waals surface area contributed by atoms with Crippen LogP contribution in [0.5, 0.6) is 0 Å². The highest BCUT2D eigenvalue weighted by molar-refractivity contribution is 5.94. The topological polar surface area (TPSA) is 104 Å². The third-order valence-electron chi connectivity index (χ3n) is 2.88. The zero-order chi connectivity index (χ0) is 16.5. The highest BCUT2D eigenvalue weighted by Crippen LogP contribution is 2.27. The molecular formula is C14H20O7. The van der Waals surface area contributed by atoms with Gasteiger partial charge in [0.05, 0.1) is 0 Å². The minimum Gasteiger partial charge on any atom is -0.458 e. The first kappa shape index (κ1) is 18.9. The van der Waals surface area contributed by atoms with E-state index in [1.54, 1.807) is 6.92 Å². The molecule has 0 aliphatic heterocycles. The number of ether oxygens (including phenoxy) is 2. The van der Waals surface area contributed by atoms with E-state index in [9.17, 15) is 24.0 Å². The molecule has 1 atom stereocenters. The molecule has 0 amide bonds. The number of Topliss-reactive ketones (excluding diaryl/α,β-unsaturated/α-hetero) is 2. The molecule has 0 fully saturated rings. The van der Waals surface area contributed by atoms with Gasteiger partial charge in [0.25, 0.3) is 0 Å². The van der Waals surface area contributed by atoms with Gasteiger partial charge in [-0.05, 0) is 26.7 Å². The Morgan fingerprint density at radius 3 is 1.95 bits per heavy atom. The quantitative estimate of drug-likeness (QED) is 0.331. The van der Waals surface area contributed by atoms with Crippen molar-refractivity contribution >= 4 is 29.8 Å². The number of aldehydes is 1. The summed E-state index contributed by atoms with van der Waals surface area (Å²) in [6.07, 6.45) is 0.260. The summed E-state index contributed by atoms with van der Waals surface area (Å²) < 4.78 is 9.41. The van der Waals surface area contributed by atoms with Gasteiger partial charge in [0.1, 0.15) is 24.9 Å². The molecule has 0 rings (SSSR count). The molecule has 0 aromatic heterocycles. The zero-order valence-electron chi connectivity index (χ0n) is 12.5. The van der Waals surface area contributed by atoms with Crippen molar-refractivity contribution in [3.63, 3.8) is 0 Å². The number of rotatable bonds is 10. The van der Waals surface area contributed by atoms with E-state index >= 15 is 0 Å². The van der Waals surface area contributed by atoms with Crippen molar-refractivity contribution in [1.82, 2.24) is 0 Å². The van der Waals surface area contributed by atoms with Gasteiger partial charge in [-0.1, -0.05) is 6.92 Å². The van der Waals surface area contributed by atoms with Gasteiger partial charge in [0.15, 0.2) is 11.6 Å². The van der Waals surface area contributed by atoms with Crippen LogP contribution in [0.3, 0.4) is 0 Å². The SMILES string of the molecule is CCC(C=O)(CCC(=O)OCC(C)=O)C(=O)OCC(C)=O. The molecular weight excluding hydrogens is 280 g/mol. The van der Waals surface area contributed by atoms with Gasteiger partial charge in [-0.2, -0.15) is 0 Å². The highest BCUT2D eigenvalue weighted by Gasteiger charge is 2.38. The van der Waals surface area contributed by atoms with Crippen molar-refractivity contribution in [2.24, 2.45) is 5.41 Å². The predicted octanol–water partition coefficient (Wildman–Crippen LogP) is 0.626.